The van der Waals surface area contributed by atoms with Gasteiger partial charge in [-0.15, -0.1) is 0 Å². The summed E-state index contributed by atoms with van der Waals surface area (Å²) in [7, 11) is 4.41. The molecule has 0 saturated carbocycles. The van der Waals surface area contributed by atoms with Crippen LogP contribution in [0, 0.1) is 0 Å². The van der Waals surface area contributed by atoms with Gasteiger partial charge in [-0.3, -0.25) is 9.59 Å². The van der Waals surface area contributed by atoms with E-state index in [1.165, 1.54) is 150 Å². The van der Waals surface area contributed by atoms with Crippen molar-refractivity contribution in [3.63, 3.8) is 0 Å². The van der Waals surface area contributed by atoms with Gasteiger partial charge in [-0.2, -0.15) is 15.0 Å². The predicted octanol–water partition coefficient (Wildman–Crippen LogP) is 12.0. The number of aryl methyl sites for hydroxylation is 2. The van der Waals surface area contributed by atoms with Crippen molar-refractivity contribution in [2.75, 3.05) is 27.0 Å². The maximum Gasteiger partial charge on any atom is 0.305 e. The van der Waals surface area contributed by atoms with Gasteiger partial charge in [0, 0.05) is 25.9 Å². The lowest BCUT2D eigenvalue weighted by Gasteiger charge is -2.06. The monoisotopic (exact) mass is 925 g/mol. The van der Waals surface area contributed by atoms with Crippen molar-refractivity contribution >= 4 is 74.9 Å². The number of unbranched alkanes of at least 4 members (excludes halogenated alkanes) is 24. The third-order valence-electron chi connectivity index (χ3n) is 10.9. The highest BCUT2D eigenvalue weighted by Crippen LogP contribution is 2.23. The summed E-state index contributed by atoms with van der Waals surface area (Å²) in [4.78, 5) is 46.8. The smallest absolute Gasteiger partial charge is 0.305 e. The normalized spacial score (nSPS) is 11.0. The minimum absolute atomic E-state index is 0.0881. The molecule has 4 aromatic heterocycles. The Labute approximate surface area is 385 Å². The van der Waals surface area contributed by atoms with Crippen LogP contribution < -0.4 is 11.5 Å². The zero-order chi connectivity index (χ0) is 45.2. The van der Waals surface area contributed by atoms with Crippen LogP contribution in [0.5, 0.6) is 0 Å². The summed E-state index contributed by atoms with van der Waals surface area (Å²) in [6, 6.07) is 0. The first kappa shape index (κ1) is 54.8. The fourth-order valence-electron chi connectivity index (χ4n) is 7.43. The molecule has 350 valence electrons. The Morgan fingerprint density at radius 3 is 1.16 bits per heavy atom. The van der Waals surface area contributed by atoms with Gasteiger partial charge in [0.25, 0.3) is 0 Å². The van der Waals surface area contributed by atoms with Gasteiger partial charge in [-0.25, -0.2) is 15.0 Å². The molecule has 0 unspecified atom stereocenters. The van der Waals surface area contributed by atoms with E-state index in [9.17, 15) is 9.59 Å². The van der Waals surface area contributed by atoms with Gasteiger partial charge in [0.15, 0.2) is 22.3 Å². The summed E-state index contributed by atoms with van der Waals surface area (Å²) in [5.74, 6) is 0.216. The number of carbonyl (C=O) groups is 2. The number of ether oxygens (including phenoxy) is 2. The summed E-state index contributed by atoms with van der Waals surface area (Å²) in [6.45, 7) is 1.76. The number of methoxy groups -OCH3 is 2. The lowest BCUT2D eigenvalue weighted by molar-refractivity contribution is -0.141. The fourth-order valence-corrected chi connectivity index (χ4v) is 8.08. The molecule has 0 radical (unpaired) electrons. The third-order valence-corrected chi connectivity index (χ3v) is 11.5. The summed E-state index contributed by atoms with van der Waals surface area (Å²) in [6.07, 6.45) is 36.9. The molecule has 4 aromatic rings. The van der Waals surface area contributed by atoms with E-state index in [1.54, 1.807) is 12.7 Å². The topological polar surface area (TPSA) is 192 Å². The second kappa shape index (κ2) is 35.1. The zero-order valence-electron chi connectivity index (χ0n) is 37.9. The molecule has 0 atom stereocenters. The second-order valence-electron chi connectivity index (χ2n) is 15.7. The molecule has 4 N–H and O–H groups in total. The Bertz CT molecular complexity index is 1660. The number of nitrogen functional groups attached to an aromatic ring is 1. The summed E-state index contributed by atoms with van der Waals surface area (Å²) in [5, 5.41) is 0.637. The average molecular weight is 927 g/mol. The quantitative estimate of drug-likeness (QED) is 0.0204. The molecule has 0 saturated heterocycles. The first-order chi connectivity index (χ1) is 30.2. The van der Waals surface area contributed by atoms with Gasteiger partial charge in [-0.05, 0) is 55.9 Å². The van der Waals surface area contributed by atoms with Crippen LogP contribution in [0.15, 0.2) is 12.7 Å². The first-order valence-corrected chi connectivity index (χ1v) is 24.3. The van der Waals surface area contributed by atoms with E-state index in [0.717, 1.165) is 62.6 Å². The van der Waals surface area contributed by atoms with Crippen molar-refractivity contribution in [2.24, 2.45) is 5.73 Å². The zero-order valence-corrected chi connectivity index (χ0v) is 40.1. The third kappa shape index (κ3) is 23.4. The lowest BCUT2D eigenvalue weighted by atomic mass is 10.0. The highest BCUT2D eigenvalue weighted by molar-refractivity contribution is 6.35. The van der Waals surface area contributed by atoms with Crippen LogP contribution in [0.2, 0.25) is 15.7 Å². The van der Waals surface area contributed by atoms with Crippen molar-refractivity contribution in [2.45, 2.75) is 193 Å². The van der Waals surface area contributed by atoms with Gasteiger partial charge in [0.05, 0.1) is 26.9 Å². The van der Waals surface area contributed by atoms with E-state index in [2.05, 4.69) is 45.1 Å². The number of hydrogen-bond donors (Lipinski definition) is 2. The van der Waals surface area contributed by atoms with E-state index in [1.807, 2.05) is 9.13 Å². The molecule has 0 fully saturated rings. The number of imidazole rings is 2. The molecular formula is C45H75Cl3N10O4. The number of hydrogen-bond acceptors (Lipinski definition) is 12. The molecular weight excluding hydrogens is 851 g/mol. The van der Waals surface area contributed by atoms with E-state index in [-0.39, 0.29) is 22.5 Å². The maximum absolute atomic E-state index is 11.0. The molecule has 62 heavy (non-hydrogen) atoms. The molecule has 0 amide bonds. The van der Waals surface area contributed by atoms with Crippen molar-refractivity contribution in [3.8, 4) is 0 Å². The first-order valence-electron chi connectivity index (χ1n) is 23.1. The number of anilines is 1. The van der Waals surface area contributed by atoms with Crippen molar-refractivity contribution < 1.29 is 19.1 Å². The highest BCUT2D eigenvalue weighted by Gasteiger charge is 2.12. The molecule has 4 rings (SSSR count). The van der Waals surface area contributed by atoms with Crippen molar-refractivity contribution in [3.05, 3.63) is 28.4 Å². The molecule has 14 nitrogen and oxygen atoms in total. The number of fused-ring (bicyclic) bond motifs is 2. The van der Waals surface area contributed by atoms with Gasteiger partial charge in [0.1, 0.15) is 11.0 Å². The van der Waals surface area contributed by atoms with Gasteiger partial charge in [-0.1, -0.05) is 153 Å². The number of nitrogens with zero attached hydrogens (tertiary/aromatic N) is 8. The molecule has 0 aliphatic rings. The molecule has 0 bridgehead atoms. The molecule has 0 spiro atoms. The van der Waals surface area contributed by atoms with E-state index in [0.29, 0.717) is 35.1 Å². The number of esters is 2. The Hall–Kier alpha value is -3.33. The lowest BCUT2D eigenvalue weighted by Crippen LogP contribution is -2.01. The Kier molecular flexibility index (Phi) is 31.0. The summed E-state index contributed by atoms with van der Waals surface area (Å²) >= 11 is 17.8. The van der Waals surface area contributed by atoms with Gasteiger partial charge < -0.3 is 30.1 Å². The molecule has 0 aromatic carbocycles. The fraction of sp³-hybridized carbons (Fsp3) is 0.733. The van der Waals surface area contributed by atoms with Gasteiger partial charge in [0.2, 0.25) is 10.6 Å². The maximum atomic E-state index is 11.0. The summed E-state index contributed by atoms with van der Waals surface area (Å²) in [5.41, 5.74) is 13.1. The van der Waals surface area contributed by atoms with Crippen molar-refractivity contribution in [1.82, 2.24) is 39.0 Å². The van der Waals surface area contributed by atoms with Crippen LogP contribution in [-0.2, 0) is 32.2 Å². The summed E-state index contributed by atoms with van der Waals surface area (Å²) < 4.78 is 13.3. The average Bonchev–Trinajstić information content (AvgIpc) is 3.88. The number of carbonyl (C=O) groups excluding carboxylic acids is 2. The highest BCUT2D eigenvalue weighted by atomic mass is 35.5. The van der Waals surface area contributed by atoms with E-state index < -0.39 is 0 Å². The predicted molar refractivity (Wildman–Crippen MR) is 254 cm³/mol. The minimum atomic E-state index is -0.0883. The Morgan fingerprint density at radius 2 is 0.790 bits per heavy atom. The largest absolute Gasteiger partial charge is 0.469 e. The van der Waals surface area contributed by atoms with Crippen LogP contribution >= 0.6 is 34.8 Å². The SMILES string of the molecule is CN.COC(=O)CCCCCCCCCCCCCCCn1cnc2nc(Cl)nc(Cl)c21.COC(=O)CCCCCCCCCCCCCCCn1cnc2nc(Cl)nc(N)c21. The number of rotatable bonds is 32. The van der Waals surface area contributed by atoms with Crippen LogP contribution in [0.1, 0.15) is 180 Å². The molecule has 0 aliphatic carbocycles. The number of nitrogens with two attached hydrogens (primary N) is 2. The number of aromatic nitrogens is 8. The van der Waals surface area contributed by atoms with Crippen LogP contribution in [0.4, 0.5) is 5.82 Å². The number of halogens is 3. The Morgan fingerprint density at radius 1 is 0.484 bits per heavy atom. The van der Waals surface area contributed by atoms with Crippen molar-refractivity contribution in [1.29, 1.82) is 0 Å². The molecule has 17 heteroatoms. The van der Waals surface area contributed by atoms with Crippen LogP contribution in [-0.4, -0.2) is 72.2 Å². The minimum Gasteiger partial charge on any atom is -0.469 e. The van der Waals surface area contributed by atoms with Crippen LogP contribution in [0.25, 0.3) is 22.3 Å². The van der Waals surface area contributed by atoms with E-state index in [4.69, 9.17) is 40.5 Å². The standard InChI is InChI=1S/C22H34Cl2N4O2.C22H36ClN5O2.CH5N/c1-30-18(29)15-13-11-9-7-5-3-2-4-6-8-10-12-14-16-28-17-25-21-19(28)20(23)26-22(24)27-21;1-30-18(29)15-13-11-9-7-5-3-2-4-6-8-10-12-14-16-28-17-25-21-19(28)20(24)26-22(23)27-21;1-2/h17H,2-16H2,1H3;17H,2-16H2,1H3,(H2,24,26,27);2H2,1H3. The second-order valence-corrected chi connectivity index (χ2v) is 16.8. The van der Waals surface area contributed by atoms with Gasteiger partial charge >= 0.3 is 11.9 Å². The van der Waals surface area contributed by atoms with Crippen LogP contribution in [0.3, 0.4) is 0 Å². The molecule has 0 aliphatic heterocycles. The Balaban J connectivity index is 0.000000410. The molecule has 4 heterocycles. The van der Waals surface area contributed by atoms with E-state index >= 15 is 0 Å².